The summed E-state index contributed by atoms with van der Waals surface area (Å²) in [6, 6.07) is 2.59. The number of hydrogen-bond acceptors (Lipinski definition) is 4. The summed E-state index contributed by atoms with van der Waals surface area (Å²) in [4.78, 5) is 8.15. The van der Waals surface area contributed by atoms with Gasteiger partial charge in [0.2, 0.25) is 0 Å². The van der Waals surface area contributed by atoms with Gasteiger partial charge in [0.15, 0.2) is 0 Å². The van der Waals surface area contributed by atoms with Gasteiger partial charge in [-0.25, -0.2) is 4.98 Å². The second-order valence-electron chi connectivity index (χ2n) is 6.11. The fraction of sp³-hybridized carbons (Fsp3) is 0.438. The van der Waals surface area contributed by atoms with Crippen molar-refractivity contribution in [3.8, 4) is 5.69 Å². The van der Waals surface area contributed by atoms with Gasteiger partial charge in [0.25, 0.3) is 0 Å². The van der Waals surface area contributed by atoms with Crippen LogP contribution in [0.3, 0.4) is 0 Å². The number of rotatable bonds is 3. The van der Waals surface area contributed by atoms with Gasteiger partial charge in [-0.05, 0) is 19.2 Å². The van der Waals surface area contributed by atoms with Crippen LogP contribution in [0, 0.1) is 0 Å². The molecule has 1 aromatic carbocycles. The Hall–Kier alpha value is -2.06. The molecule has 8 heteroatoms. The second-order valence-corrected chi connectivity index (χ2v) is 6.11. The maximum Gasteiger partial charge on any atom is 0.416 e. The van der Waals surface area contributed by atoms with Gasteiger partial charge in [0.05, 0.1) is 17.6 Å². The van der Waals surface area contributed by atoms with Crippen molar-refractivity contribution in [1.29, 1.82) is 0 Å². The summed E-state index contributed by atoms with van der Waals surface area (Å²) >= 11 is 0. The molecule has 1 saturated heterocycles. The number of benzene rings is 1. The first-order valence-electron chi connectivity index (χ1n) is 7.73. The quantitative estimate of drug-likeness (QED) is 0.871. The average Bonchev–Trinajstić information content (AvgIpc) is 3.04. The maximum atomic E-state index is 13.6. The molecule has 0 spiro atoms. The predicted octanol–water partition coefficient (Wildman–Crippen LogP) is 2.22. The first-order valence-corrected chi connectivity index (χ1v) is 7.73. The van der Waals surface area contributed by atoms with Crippen LogP contribution >= 0.6 is 0 Å². The molecular formula is C16H20F3N5. The van der Waals surface area contributed by atoms with E-state index in [9.17, 15) is 13.2 Å². The normalized spacial score (nSPS) is 17.3. The lowest BCUT2D eigenvalue weighted by atomic mass is 10.0. The summed E-state index contributed by atoms with van der Waals surface area (Å²) in [5, 5.41) is 0. The molecule has 0 radical (unpaired) electrons. The highest BCUT2D eigenvalue weighted by atomic mass is 19.4. The summed E-state index contributed by atoms with van der Waals surface area (Å²) in [7, 11) is 2.01. The predicted molar refractivity (Wildman–Crippen MR) is 85.8 cm³/mol. The molecule has 1 aromatic heterocycles. The summed E-state index contributed by atoms with van der Waals surface area (Å²) in [5.74, 6) is 0. The van der Waals surface area contributed by atoms with Crippen molar-refractivity contribution in [2.45, 2.75) is 12.7 Å². The van der Waals surface area contributed by atoms with Crippen molar-refractivity contribution in [2.75, 3.05) is 39.0 Å². The maximum absolute atomic E-state index is 13.6. The van der Waals surface area contributed by atoms with Crippen molar-refractivity contribution in [3.05, 3.63) is 42.0 Å². The lowest BCUT2D eigenvalue weighted by molar-refractivity contribution is -0.138. The molecule has 0 saturated carbocycles. The van der Waals surface area contributed by atoms with E-state index in [1.165, 1.54) is 12.5 Å². The molecular weight excluding hydrogens is 319 g/mol. The van der Waals surface area contributed by atoms with Crippen LogP contribution in [-0.2, 0) is 12.7 Å². The molecule has 2 aromatic rings. The third-order valence-corrected chi connectivity index (χ3v) is 4.31. The lowest BCUT2D eigenvalue weighted by Gasteiger charge is -2.33. The van der Waals surface area contributed by atoms with E-state index in [1.807, 2.05) is 11.9 Å². The largest absolute Gasteiger partial charge is 0.416 e. The Morgan fingerprint density at radius 2 is 1.88 bits per heavy atom. The Bertz CT molecular complexity index is 688. The number of halogens is 3. The van der Waals surface area contributed by atoms with E-state index in [0.29, 0.717) is 5.69 Å². The van der Waals surface area contributed by atoms with Crippen molar-refractivity contribution in [3.63, 3.8) is 0 Å². The van der Waals surface area contributed by atoms with Crippen LogP contribution in [0.15, 0.2) is 30.9 Å². The third kappa shape index (κ3) is 3.54. The van der Waals surface area contributed by atoms with Crippen LogP contribution in [0.25, 0.3) is 5.69 Å². The molecule has 0 amide bonds. The minimum Gasteiger partial charge on any atom is -0.399 e. The van der Waals surface area contributed by atoms with Crippen LogP contribution in [0.5, 0.6) is 0 Å². The minimum absolute atomic E-state index is 0.0909. The van der Waals surface area contributed by atoms with E-state index in [2.05, 4.69) is 9.88 Å². The number of alkyl halides is 3. The molecule has 1 aliphatic heterocycles. The number of nitrogen functional groups attached to an aromatic ring is 1. The van der Waals surface area contributed by atoms with E-state index >= 15 is 0 Å². The van der Waals surface area contributed by atoms with E-state index in [-0.39, 0.29) is 17.8 Å². The van der Waals surface area contributed by atoms with E-state index < -0.39 is 11.7 Å². The van der Waals surface area contributed by atoms with Gasteiger partial charge in [0, 0.05) is 56.4 Å². The highest BCUT2D eigenvalue weighted by Crippen LogP contribution is 2.37. The number of aromatic nitrogens is 2. The molecule has 0 atom stereocenters. The first-order chi connectivity index (χ1) is 11.3. The molecule has 5 nitrogen and oxygen atoms in total. The Morgan fingerprint density at radius 1 is 1.17 bits per heavy atom. The van der Waals surface area contributed by atoms with Crippen LogP contribution < -0.4 is 5.73 Å². The Labute approximate surface area is 138 Å². The molecule has 0 aliphatic carbocycles. The number of likely N-dealkylation sites (N-methyl/N-ethyl adjacent to an activating group) is 1. The zero-order chi connectivity index (χ0) is 17.3. The molecule has 2 heterocycles. The number of anilines is 1. The molecule has 2 N–H and O–H groups in total. The number of nitrogens with two attached hydrogens (primary N) is 1. The van der Waals surface area contributed by atoms with Gasteiger partial charge in [-0.1, -0.05) is 0 Å². The van der Waals surface area contributed by atoms with Crippen LogP contribution in [0.2, 0.25) is 0 Å². The minimum atomic E-state index is -4.45. The number of hydrogen-bond donors (Lipinski definition) is 1. The Morgan fingerprint density at radius 3 is 2.46 bits per heavy atom. The standard InChI is InChI=1S/C16H20F3N5/c1-22-4-6-23(7-5-22)10-13-14(16(17,18)19)8-12(20)9-15(13)24-3-2-21-11-24/h2-3,8-9,11H,4-7,10,20H2,1H3. The van der Waals surface area contributed by atoms with E-state index in [4.69, 9.17) is 5.73 Å². The van der Waals surface area contributed by atoms with Gasteiger partial charge < -0.3 is 15.2 Å². The van der Waals surface area contributed by atoms with Gasteiger partial charge >= 0.3 is 6.18 Å². The molecule has 0 unspecified atom stereocenters. The first kappa shape index (κ1) is 16.8. The van der Waals surface area contributed by atoms with E-state index in [0.717, 1.165) is 32.2 Å². The zero-order valence-corrected chi connectivity index (χ0v) is 13.4. The topological polar surface area (TPSA) is 50.3 Å². The van der Waals surface area contributed by atoms with Crippen LogP contribution in [-0.4, -0.2) is 52.6 Å². The summed E-state index contributed by atoms with van der Waals surface area (Å²) in [5.41, 5.74) is 5.81. The fourth-order valence-corrected chi connectivity index (χ4v) is 2.96. The highest BCUT2D eigenvalue weighted by Gasteiger charge is 2.35. The molecule has 1 aliphatic rings. The molecule has 0 bridgehead atoms. The molecule has 1 fully saturated rings. The van der Waals surface area contributed by atoms with Gasteiger partial charge in [-0.15, -0.1) is 0 Å². The van der Waals surface area contributed by atoms with Crippen molar-refractivity contribution in [1.82, 2.24) is 19.4 Å². The van der Waals surface area contributed by atoms with Gasteiger partial charge in [-0.3, -0.25) is 4.90 Å². The van der Waals surface area contributed by atoms with Crippen molar-refractivity contribution >= 4 is 5.69 Å². The fourth-order valence-electron chi connectivity index (χ4n) is 2.96. The second kappa shape index (κ2) is 6.45. The number of piperazine rings is 1. The molecule has 24 heavy (non-hydrogen) atoms. The van der Waals surface area contributed by atoms with Gasteiger partial charge in [-0.2, -0.15) is 13.2 Å². The average molecular weight is 339 g/mol. The van der Waals surface area contributed by atoms with Crippen LogP contribution in [0.1, 0.15) is 11.1 Å². The van der Waals surface area contributed by atoms with E-state index in [1.54, 1.807) is 16.8 Å². The Kier molecular flexibility index (Phi) is 4.51. The third-order valence-electron chi connectivity index (χ3n) is 4.31. The summed E-state index contributed by atoms with van der Waals surface area (Å²) < 4.78 is 42.3. The van der Waals surface area contributed by atoms with Crippen LogP contribution in [0.4, 0.5) is 18.9 Å². The highest BCUT2D eigenvalue weighted by molar-refractivity contribution is 5.57. The zero-order valence-electron chi connectivity index (χ0n) is 13.4. The molecule has 130 valence electrons. The number of imidazole rings is 1. The SMILES string of the molecule is CN1CCN(Cc2c(-n3ccnc3)cc(N)cc2C(F)(F)F)CC1. The van der Waals surface area contributed by atoms with Crippen molar-refractivity contribution < 1.29 is 13.2 Å². The van der Waals surface area contributed by atoms with Gasteiger partial charge in [0.1, 0.15) is 0 Å². The Balaban J connectivity index is 2.03. The number of nitrogens with zero attached hydrogens (tertiary/aromatic N) is 4. The molecule has 3 rings (SSSR count). The summed E-state index contributed by atoms with van der Waals surface area (Å²) in [6.45, 7) is 3.40. The van der Waals surface area contributed by atoms with Crippen molar-refractivity contribution in [2.24, 2.45) is 0 Å². The monoisotopic (exact) mass is 339 g/mol. The lowest BCUT2D eigenvalue weighted by Crippen LogP contribution is -2.44. The summed E-state index contributed by atoms with van der Waals surface area (Å²) in [6.07, 6.45) is 0.202. The smallest absolute Gasteiger partial charge is 0.399 e.